The maximum Gasteiger partial charge on any atom is 0.184 e. The molecule has 1 aromatic heterocycles. The van der Waals surface area contributed by atoms with Crippen LogP contribution in [0.5, 0.6) is 0 Å². The maximum atomic E-state index is 12.2. The highest BCUT2D eigenvalue weighted by molar-refractivity contribution is 7.91. The normalized spacial score (nSPS) is 24.6. The SMILES string of the molecule is CCS(=O)(=O)c1c(N)nsc1N1CCCC(C)(O)CC1. The molecule has 0 bridgehead atoms. The molecular formula is C12H21N3O3S2. The van der Waals surface area contributed by atoms with E-state index in [4.69, 9.17) is 5.73 Å². The highest BCUT2D eigenvalue weighted by Crippen LogP contribution is 2.37. The minimum absolute atomic E-state index is 0.00810. The first-order chi connectivity index (χ1) is 9.27. The largest absolute Gasteiger partial charge is 0.390 e. The van der Waals surface area contributed by atoms with Gasteiger partial charge in [0.2, 0.25) is 0 Å². The fourth-order valence-corrected chi connectivity index (χ4v) is 4.75. The number of sulfone groups is 1. The summed E-state index contributed by atoms with van der Waals surface area (Å²) in [5.74, 6) is 0.0941. The second-order valence-corrected chi connectivity index (χ2v) is 8.41. The molecule has 114 valence electrons. The summed E-state index contributed by atoms with van der Waals surface area (Å²) in [5.41, 5.74) is 5.06. The van der Waals surface area contributed by atoms with Gasteiger partial charge in [-0.05, 0) is 37.7 Å². The number of aliphatic hydroxyl groups is 1. The zero-order valence-corrected chi connectivity index (χ0v) is 13.4. The van der Waals surface area contributed by atoms with Gasteiger partial charge in [-0.2, -0.15) is 4.37 Å². The van der Waals surface area contributed by atoms with E-state index in [-0.39, 0.29) is 16.5 Å². The predicted octanol–water partition coefficient (Wildman–Crippen LogP) is 1.26. The molecule has 2 rings (SSSR count). The van der Waals surface area contributed by atoms with Crippen LogP contribution in [0.4, 0.5) is 10.8 Å². The van der Waals surface area contributed by atoms with E-state index in [2.05, 4.69) is 4.37 Å². The lowest BCUT2D eigenvalue weighted by Crippen LogP contribution is -2.28. The Kier molecular flexibility index (Phi) is 4.27. The lowest BCUT2D eigenvalue weighted by Gasteiger charge is -2.23. The van der Waals surface area contributed by atoms with Gasteiger partial charge in [-0.15, -0.1) is 0 Å². The van der Waals surface area contributed by atoms with Crippen LogP contribution in [0.1, 0.15) is 33.1 Å². The topological polar surface area (TPSA) is 96.5 Å². The molecule has 0 amide bonds. The molecule has 1 aliphatic rings. The van der Waals surface area contributed by atoms with Crippen molar-refractivity contribution < 1.29 is 13.5 Å². The molecular weight excluding hydrogens is 298 g/mol. The van der Waals surface area contributed by atoms with Crippen LogP contribution in [0, 0.1) is 0 Å². The van der Waals surface area contributed by atoms with Crippen LogP contribution in [0.2, 0.25) is 0 Å². The molecule has 1 aliphatic heterocycles. The van der Waals surface area contributed by atoms with Crippen LogP contribution in [0.15, 0.2) is 4.90 Å². The molecule has 1 fully saturated rings. The molecule has 0 spiro atoms. The van der Waals surface area contributed by atoms with E-state index < -0.39 is 15.4 Å². The molecule has 1 aromatic rings. The molecule has 0 aliphatic carbocycles. The van der Waals surface area contributed by atoms with Crippen molar-refractivity contribution >= 4 is 32.2 Å². The molecule has 0 radical (unpaired) electrons. The van der Waals surface area contributed by atoms with E-state index in [0.717, 1.165) is 18.0 Å². The van der Waals surface area contributed by atoms with E-state index in [9.17, 15) is 13.5 Å². The number of nitrogens with two attached hydrogens (primary N) is 1. The number of rotatable bonds is 3. The van der Waals surface area contributed by atoms with Crippen LogP contribution in [-0.4, -0.2) is 42.3 Å². The minimum Gasteiger partial charge on any atom is -0.390 e. The van der Waals surface area contributed by atoms with Gasteiger partial charge in [0.15, 0.2) is 15.7 Å². The van der Waals surface area contributed by atoms with Gasteiger partial charge in [0, 0.05) is 13.1 Å². The fourth-order valence-electron chi connectivity index (χ4n) is 2.39. The lowest BCUT2D eigenvalue weighted by atomic mass is 9.98. The number of hydrogen-bond acceptors (Lipinski definition) is 7. The predicted molar refractivity (Wildman–Crippen MR) is 80.9 cm³/mol. The molecule has 1 saturated heterocycles. The Balaban J connectivity index is 2.35. The van der Waals surface area contributed by atoms with Crippen molar-refractivity contribution in [1.29, 1.82) is 0 Å². The monoisotopic (exact) mass is 319 g/mol. The van der Waals surface area contributed by atoms with E-state index in [1.54, 1.807) is 6.92 Å². The average Bonchev–Trinajstić information content (AvgIpc) is 2.66. The van der Waals surface area contributed by atoms with Crippen LogP contribution in [0.25, 0.3) is 0 Å². The molecule has 6 nitrogen and oxygen atoms in total. The van der Waals surface area contributed by atoms with Crippen molar-refractivity contribution in [3.63, 3.8) is 0 Å². The van der Waals surface area contributed by atoms with Crippen molar-refractivity contribution in [3.05, 3.63) is 0 Å². The van der Waals surface area contributed by atoms with Crippen molar-refractivity contribution in [3.8, 4) is 0 Å². The Morgan fingerprint density at radius 1 is 1.45 bits per heavy atom. The van der Waals surface area contributed by atoms with Crippen LogP contribution < -0.4 is 10.6 Å². The molecule has 2 heterocycles. The third-order valence-corrected chi connectivity index (χ3v) is 6.54. The van der Waals surface area contributed by atoms with Crippen LogP contribution >= 0.6 is 11.5 Å². The van der Waals surface area contributed by atoms with Gasteiger partial charge in [-0.1, -0.05) is 6.92 Å². The van der Waals surface area contributed by atoms with Gasteiger partial charge in [0.05, 0.1) is 11.4 Å². The summed E-state index contributed by atoms with van der Waals surface area (Å²) in [7, 11) is -3.39. The quantitative estimate of drug-likeness (QED) is 0.870. The van der Waals surface area contributed by atoms with Gasteiger partial charge in [-0.25, -0.2) is 8.42 Å². The van der Waals surface area contributed by atoms with Gasteiger partial charge >= 0.3 is 0 Å². The first kappa shape index (κ1) is 15.5. The Bertz CT molecular complexity index is 581. The van der Waals surface area contributed by atoms with Crippen molar-refractivity contribution in [1.82, 2.24) is 4.37 Å². The summed E-state index contributed by atoms with van der Waals surface area (Å²) in [4.78, 5) is 2.14. The molecule has 0 aromatic carbocycles. The Morgan fingerprint density at radius 2 is 2.15 bits per heavy atom. The fraction of sp³-hybridized carbons (Fsp3) is 0.750. The summed E-state index contributed by atoms with van der Waals surface area (Å²) >= 11 is 1.12. The van der Waals surface area contributed by atoms with Crippen LogP contribution in [-0.2, 0) is 9.84 Å². The highest BCUT2D eigenvalue weighted by atomic mass is 32.2. The van der Waals surface area contributed by atoms with Crippen molar-refractivity contribution in [2.24, 2.45) is 0 Å². The first-order valence-corrected chi connectivity index (χ1v) is 9.14. The standard InChI is InChI=1S/C12H21N3O3S2/c1-3-20(17,18)9-10(13)14-19-11(9)15-7-4-5-12(2,16)6-8-15/h16H,3-8H2,1-2H3,(H2,13,14). The average molecular weight is 319 g/mol. The number of anilines is 2. The zero-order valence-electron chi connectivity index (χ0n) is 11.8. The van der Waals surface area contributed by atoms with E-state index in [1.807, 2.05) is 11.8 Å². The molecule has 1 atom stereocenters. The van der Waals surface area contributed by atoms with Crippen molar-refractivity contribution in [2.75, 3.05) is 29.5 Å². The number of nitrogen functional groups attached to an aromatic ring is 1. The Hall–Kier alpha value is -0.860. The third-order valence-electron chi connectivity index (χ3n) is 3.70. The summed E-state index contributed by atoms with van der Waals surface area (Å²) in [5, 5.41) is 10.7. The minimum atomic E-state index is -3.39. The third kappa shape index (κ3) is 3.07. The van der Waals surface area contributed by atoms with Gasteiger partial charge < -0.3 is 15.7 Å². The Labute approximate surface area is 123 Å². The maximum absolute atomic E-state index is 12.2. The lowest BCUT2D eigenvalue weighted by molar-refractivity contribution is 0.0481. The van der Waals surface area contributed by atoms with Gasteiger partial charge in [-0.3, -0.25) is 0 Å². The summed E-state index contributed by atoms with van der Waals surface area (Å²) in [6.45, 7) is 4.75. The van der Waals surface area contributed by atoms with Gasteiger partial charge in [0.25, 0.3) is 0 Å². The number of aromatic nitrogens is 1. The second-order valence-electron chi connectivity index (χ2n) is 5.44. The van der Waals surface area contributed by atoms with Crippen LogP contribution in [0.3, 0.4) is 0 Å². The molecule has 0 saturated carbocycles. The molecule has 20 heavy (non-hydrogen) atoms. The molecule has 3 N–H and O–H groups in total. The van der Waals surface area contributed by atoms with Gasteiger partial charge in [0.1, 0.15) is 9.90 Å². The van der Waals surface area contributed by atoms with E-state index >= 15 is 0 Å². The number of hydrogen-bond donors (Lipinski definition) is 2. The first-order valence-electron chi connectivity index (χ1n) is 6.72. The second kappa shape index (κ2) is 5.50. The summed E-state index contributed by atoms with van der Waals surface area (Å²) in [6, 6.07) is 0. The zero-order chi connectivity index (χ0) is 15.0. The van der Waals surface area contributed by atoms with E-state index in [1.165, 1.54) is 0 Å². The summed E-state index contributed by atoms with van der Waals surface area (Å²) in [6.07, 6.45) is 2.14. The molecule has 1 unspecified atom stereocenters. The number of nitrogens with zero attached hydrogens (tertiary/aromatic N) is 2. The highest BCUT2D eigenvalue weighted by Gasteiger charge is 2.31. The Morgan fingerprint density at radius 3 is 2.80 bits per heavy atom. The smallest absolute Gasteiger partial charge is 0.184 e. The van der Waals surface area contributed by atoms with Crippen molar-refractivity contribution in [2.45, 2.75) is 43.6 Å². The van der Waals surface area contributed by atoms with E-state index in [0.29, 0.717) is 30.9 Å². The molecule has 8 heteroatoms. The summed E-state index contributed by atoms with van der Waals surface area (Å²) < 4.78 is 28.3.